The van der Waals surface area contributed by atoms with E-state index in [-0.39, 0.29) is 11.7 Å². The molecule has 1 N–H and O–H groups in total. The highest BCUT2D eigenvalue weighted by atomic mass is 19.1. The van der Waals surface area contributed by atoms with Crippen LogP contribution in [0, 0.1) is 12.7 Å². The Morgan fingerprint density at radius 3 is 2.46 bits per heavy atom. The number of hydrogen-bond donors (Lipinski definition) is 1. The van der Waals surface area contributed by atoms with Gasteiger partial charge in [0.1, 0.15) is 11.4 Å². The molecule has 6 nitrogen and oxygen atoms in total. The van der Waals surface area contributed by atoms with Gasteiger partial charge < -0.3 is 10.2 Å². The second-order valence-corrected chi connectivity index (χ2v) is 10.3. The van der Waals surface area contributed by atoms with Crippen molar-refractivity contribution in [2.75, 3.05) is 23.3 Å². The van der Waals surface area contributed by atoms with E-state index in [1.54, 1.807) is 0 Å². The smallest absolute Gasteiger partial charge is 0.255 e. The lowest BCUT2D eigenvalue weighted by molar-refractivity contribution is 0.102. The highest BCUT2D eigenvalue weighted by Gasteiger charge is 2.35. The number of amides is 1. The number of piperidine rings is 1. The summed E-state index contributed by atoms with van der Waals surface area (Å²) in [6.45, 7) is 4.02. The van der Waals surface area contributed by atoms with Crippen LogP contribution in [0.4, 0.5) is 16.0 Å². The van der Waals surface area contributed by atoms with Crippen molar-refractivity contribution in [3.8, 4) is 0 Å². The van der Waals surface area contributed by atoms with Gasteiger partial charge in [0.2, 0.25) is 5.95 Å². The third kappa shape index (κ3) is 5.17. The molecule has 1 saturated heterocycles. The predicted octanol–water partition coefficient (Wildman–Crippen LogP) is 6.40. The number of aromatic nitrogens is 2. The van der Waals surface area contributed by atoms with E-state index in [1.807, 2.05) is 36.6 Å². The van der Waals surface area contributed by atoms with E-state index in [0.717, 1.165) is 59.6 Å². The number of aliphatic imine (C=N–C) groups is 1. The first-order valence-electron chi connectivity index (χ1n) is 13.4. The highest BCUT2D eigenvalue weighted by Crippen LogP contribution is 2.38. The van der Waals surface area contributed by atoms with Gasteiger partial charge in [-0.05, 0) is 91.9 Å². The summed E-state index contributed by atoms with van der Waals surface area (Å²) in [5, 5.41) is 3.89. The van der Waals surface area contributed by atoms with Crippen LogP contribution in [0.2, 0.25) is 0 Å². The molecular weight excluding hydrogens is 489 g/mol. The molecule has 2 aliphatic rings. The Balaban J connectivity index is 1.31. The summed E-state index contributed by atoms with van der Waals surface area (Å²) in [5.41, 5.74) is 4.50. The first-order valence-corrected chi connectivity index (χ1v) is 13.4. The van der Waals surface area contributed by atoms with Gasteiger partial charge in [-0.1, -0.05) is 24.3 Å². The van der Waals surface area contributed by atoms with Crippen LogP contribution in [0.15, 0.2) is 83.9 Å². The van der Waals surface area contributed by atoms with Crippen molar-refractivity contribution in [1.82, 2.24) is 9.97 Å². The number of hydrogen-bond acceptors (Lipinski definition) is 5. The normalized spacial score (nSPS) is 18.6. The lowest BCUT2D eigenvalue weighted by atomic mass is 9.86. The van der Waals surface area contributed by atoms with E-state index >= 15 is 0 Å². The number of nitrogens with one attached hydrogen (secondary N) is 1. The first-order chi connectivity index (χ1) is 19.0. The molecular formula is C32H30FN5O. The second kappa shape index (κ2) is 10.4. The minimum atomic E-state index is -0.653. The fourth-order valence-electron chi connectivity index (χ4n) is 5.36. The summed E-state index contributed by atoms with van der Waals surface area (Å²) in [6.07, 6.45) is 10.1. The van der Waals surface area contributed by atoms with Gasteiger partial charge >= 0.3 is 0 Å². The predicted molar refractivity (Wildman–Crippen MR) is 154 cm³/mol. The number of anilines is 2. The van der Waals surface area contributed by atoms with Gasteiger partial charge in [-0.25, -0.2) is 14.4 Å². The van der Waals surface area contributed by atoms with E-state index < -0.39 is 5.54 Å². The monoisotopic (exact) mass is 519 g/mol. The maximum Gasteiger partial charge on any atom is 0.255 e. The molecule has 0 spiro atoms. The fraction of sp³-hybridized carbons (Fsp3) is 0.250. The lowest BCUT2D eigenvalue weighted by Crippen LogP contribution is -2.33. The lowest BCUT2D eigenvalue weighted by Gasteiger charge is -2.30. The standard InChI is InChI=1S/C32H30FN5O/c1-22-6-15-27-28(20-22)36-31(38-18-3-2-4-19-38)37-29(27)32(16-5-17-34-32)21-23-7-13-26(14-8-23)35-30(39)24-9-11-25(33)12-10-24/h5-17,20H,2-4,18-19,21H2,1H3,(H,35,39). The van der Waals surface area contributed by atoms with Crippen LogP contribution in [-0.2, 0) is 12.0 Å². The molecule has 1 aromatic heterocycles. The molecule has 1 amide bonds. The van der Waals surface area contributed by atoms with Gasteiger partial charge in [0, 0.05) is 42.4 Å². The van der Waals surface area contributed by atoms with Gasteiger partial charge in [-0.3, -0.25) is 9.79 Å². The Labute approximate surface area is 227 Å². The van der Waals surface area contributed by atoms with E-state index in [4.69, 9.17) is 15.0 Å². The van der Waals surface area contributed by atoms with Crippen molar-refractivity contribution in [1.29, 1.82) is 0 Å². The SMILES string of the molecule is Cc1ccc2c(C3(Cc4ccc(NC(=O)c5ccc(F)cc5)cc4)C=CC=N3)nc(N3CCCCC3)nc2c1. The first kappa shape index (κ1) is 24.9. The van der Waals surface area contributed by atoms with Crippen molar-refractivity contribution in [2.45, 2.75) is 38.1 Å². The molecule has 0 radical (unpaired) electrons. The minimum absolute atomic E-state index is 0.282. The van der Waals surface area contributed by atoms with Crippen LogP contribution in [0.5, 0.6) is 0 Å². The van der Waals surface area contributed by atoms with Crippen LogP contribution in [-0.4, -0.2) is 35.2 Å². The number of carbonyl (C=O) groups is 1. The Hall–Kier alpha value is -4.39. The molecule has 39 heavy (non-hydrogen) atoms. The number of allylic oxidation sites excluding steroid dienone is 1. The number of nitrogens with zero attached hydrogens (tertiary/aromatic N) is 4. The van der Waals surface area contributed by atoms with Crippen molar-refractivity contribution in [3.05, 3.63) is 107 Å². The third-order valence-corrected chi connectivity index (χ3v) is 7.44. The Morgan fingerprint density at radius 1 is 0.974 bits per heavy atom. The molecule has 3 heterocycles. The summed E-state index contributed by atoms with van der Waals surface area (Å²) in [6, 6.07) is 19.6. The van der Waals surface area contributed by atoms with E-state index in [2.05, 4.69) is 41.4 Å². The summed E-state index contributed by atoms with van der Waals surface area (Å²) in [4.78, 5) is 30.0. The molecule has 1 unspecified atom stereocenters. The molecule has 0 saturated carbocycles. The zero-order chi connectivity index (χ0) is 26.8. The van der Waals surface area contributed by atoms with Gasteiger partial charge in [0.05, 0.1) is 11.2 Å². The van der Waals surface area contributed by atoms with Gasteiger partial charge in [-0.2, -0.15) is 0 Å². The number of fused-ring (bicyclic) bond motifs is 1. The number of aryl methyl sites for hydroxylation is 1. The molecule has 6 rings (SSSR count). The largest absolute Gasteiger partial charge is 0.341 e. The Morgan fingerprint density at radius 2 is 1.74 bits per heavy atom. The maximum absolute atomic E-state index is 13.2. The third-order valence-electron chi connectivity index (χ3n) is 7.44. The van der Waals surface area contributed by atoms with Crippen LogP contribution in [0.3, 0.4) is 0 Å². The van der Waals surface area contributed by atoms with Crippen molar-refractivity contribution in [2.24, 2.45) is 4.99 Å². The molecule has 4 aromatic rings. The summed E-state index contributed by atoms with van der Waals surface area (Å²) >= 11 is 0. The van der Waals surface area contributed by atoms with Crippen LogP contribution < -0.4 is 10.2 Å². The quantitative estimate of drug-likeness (QED) is 0.320. The van der Waals surface area contributed by atoms with Gasteiger partial charge in [0.25, 0.3) is 5.91 Å². The molecule has 196 valence electrons. The zero-order valence-corrected chi connectivity index (χ0v) is 21.9. The Kier molecular flexibility index (Phi) is 6.65. The highest BCUT2D eigenvalue weighted by molar-refractivity contribution is 6.04. The number of benzene rings is 3. The van der Waals surface area contributed by atoms with Crippen LogP contribution in [0.25, 0.3) is 10.9 Å². The summed E-state index contributed by atoms with van der Waals surface area (Å²) in [5.74, 6) is 0.121. The molecule has 1 fully saturated rings. The minimum Gasteiger partial charge on any atom is -0.341 e. The molecule has 0 bridgehead atoms. The maximum atomic E-state index is 13.2. The molecule has 3 aromatic carbocycles. The van der Waals surface area contributed by atoms with E-state index in [0.29, 0.717) is 17.7 Å². The number of halogens is 1. The van der Waals surface area contributed by atoms with Crippen LogP contribution >= 0.6 is 0 Å². The zero-order valence-electron chi connectivity index (χ0n) is 21.9. The van der Waals surface area contributed by atoms with Crippen molar-refractivity contribution in [3.63, 3.8) is 0 Å². The average Bonchev–Trinajstić information content (AvgIpc) is 3.43. The number of rotatable bonds is 6. The average molecular weight is 520 g/mol. The summed E-state index contributed by atoms with van der Waals surface area (Å²) < 4.78 is 13.2. The molecule has 2 aliphatic heterocycles. The number of carbonyl (C=O) groups excluding carboxylic acids is 1. The topological polar surface area (TPSA) is 70.5 Å². The van der Waals surface area contributed by atoms with E-state index in [1.165, 1.54) is 30.7 Å². The van der Waals surface area contributed by atoms with Gasteiger partial charge in [0.15, 0.2) is 0 Å². The Bertz CT molecular complexity index is 1560. The fourth-order valence-corrected chi connectivity index (χ4v) is 5.36. The summed E-state index contributed by atoms with van der Waals surface area (Å²) in [7, 11) is 0. The van der Waals surface area contributed by atoms with Crippen molar-refractivity contribution >= 4 is 34.7 Å². The molecule has 0 aliphatic carbocycles. The van der Waals surface area contributed by atoms with Crippen molar-refractivity contribution < 1.29 is 9.18 Å². The molecule has 7 heteroatoms. The second-order valence-electron chi connectivity index (χ2n) is 10.3. The van der Waals surface area contributed by atoms with Crippen LogP contribution in [0.1, 0.15) is 46.4 Å². The van der Waals surface area contributed by atoms with Gasteiger partial charge in [-0.15, -0.1) is 0 Å². The van der Waals surface area contributed by atoms with E-state index in [9.17, 15) is 9.18 Å². The molecule has 1 atom stereocenters.